The average molecular weight is 489 g/mol. The molecule has 0 saturated heterocycles. The standard InChI is InChI=1S/C20H36N6O8/c1-10(2)7-11(22)17(30)25-14(9-16(28)29)19(32)26-13(8-15(23)27)18(31)24-12(20(33)34)5-3-4-6-21/h10-14H,3-9,21-22H2,1-2H3,(H2,23,27)(H,24,31)(H,25,30)(H,26,32)(H,28,29)(H,33,34). The van der Waals surface area contributed by atoms with Crippen molar-refractivity contribution >= 4 is 35.6 Å². The molecule has 0 rings (SSSR count). The number of rotatable bonds is 17. The largest absolute Gasteiger partial charge is 0.481 e. The van der Waals surface area contributed by atoms with E-state index >= 15 is 0 Å². The first-order valence-electron chi connectivity index (χ1n) is 10.9. The zero-order valence-electron chi connectivity index (χ0n) is 19.4. The van der Waals surface area contributed by atoms with Crippen molar-refractivity contribution in [1.29, 1.82) is 0 Å². The number of carboxylic acids is 2. The van der Waals surface area contributed by atoms with E-state index in [4.69, 9.17) is 22.3 Å². The summed E-state index contributed by atoms with van der Waals surface area (Å²) in [6, 6.07) is -5.52. The third kappa shape index (κ3) is 12.7. The fraction of sp³-hybridized carbons (Fsp3) is 0.700. The predicted octanol–water partition coefficient (Wildman–Crippen LogP) is -2.62. The summed E-state index contributed by atoms with van der Waals surface area (Å²) in [7, 11) is 0. The lowest BCUT2D eigenvalue weighted by atomic mass is 10.0. The SMILES string of the molecule is CC(C)CC(N)C(=O)NC(CC(=O)O)C(=O)NC(CC(N)=O)C(=O)NC(CCCCN)C(=O)O. The molecule has 0 fully saturated rings. The highest BCUT2D eigenvalue weighted by Crippen LogP contribution is 2.06. The first kappa shape index (κ1) is 30.7. The molecule has 0 aliphatic rings. The first-order chi connectivity index (χ1) is 15.8. The van der Waals surface area contributed by atoms with E-state index < -0.39 is 72.6 Å². The molecule has 34 heavy (non-hydrogen) atoms. The van der Waals surface area contributed by atoms with Crippen LogP contribution in [-0.4, -0.2) is 76.5 Å². The van der Waals surface area contributed by atoms with Gasteiger partial charge < -0.3 is 43.4 Å². The van der Waals surface area contributed by atoms with Crippen molar-refractivity contribution in [2.75, 3.05) is 6.54 Å². The zero-order valence-corrected chi connectivity index (χ0v) is 19.4. The average Bonchev–Trinajstić information content (AvgIpc) is 2.70. The maximum Gasteiger partial charge on any atom is 0.326 e. The van der Waals surface area contributed by atoms with Gasteiger partial charge in [-0.05, 0) is 38.1 Å². The molecule has 4 unspecified atom stereocenters. The summed E-state index contributed by atoms with van der Waals surface area (Å²) in [5.74, 6) is -6.52. The van der Waals surface area contributed by atoms with Crippen molar-refractivity contribution in [3.8, 4) is 0 Å². The minimum Gasteiger partial charge on any atom is -0.481 e. The van der Waals surface area contributed by atoms with Gasteiger partial charge in [-0.25, -0.2) is 4.79 Å². The molecule has 0 saturated carbocycles. The van der Waals surface area contributed by atoms with E-state index in [2.05, 4.69) is 16.0 Å². The Labute approximate surface area is 197 Å². The number of carboxylic acid groups (broad SMARTS) is 2. The Morgan fingerprint density at radius 2 is 1.29 bits per heavy atom. The van der Waals surface area contributed by atoms with E-state index in [-0.39, 0.29) is 18.8 Å². The zero-order chi connectivity index (χ0) is 26.4. The summed E-state index contributed by atoms with van der Waals surface area (Å²) in [6.07, 6.45) is -0.247. The molecule has 0 aromatic carbocycles. The van der Waals surface area contributed by atoms with Crippen molar-refractivity contribution in [1.82, 2.24) is 16.0 Å². The van der Waals surface area contributed by atoms with Crippen LogP contribution in [-0.2, 0) is 28.8 Å². The van der Waals surface area contributed by atoms with Gasteiger partial charge in [0.15, 0.2) is 0 Å². The maximum atomic E-state index is 12.7. The molecule has 0 aliphatic heterocycles. The van der Waals surface area contributed by atoms with Crippen molar-refractivity contribution < 1.29 is 39.0 Å². The Morgan fingerprint density at radius 3 is 1.74 bits per heavy atom. The number of hydrogen-bond acceptors (Lipinski definition) is 8. The van der Waals surface area contributed by atoms with E-state index in [0.717, 1.165) is 0 Å². The molecule has 4 amide bonds. The molecule has 0 aromatic heterocycles. The van der Waals surface area contributed by atoms with Gasteiger partial charge in [0.1, 0.15) is 18.1 Å². The van der Waals surface area contributed by atoms with E-state index in [1.807, 2.05) is 13.8 Å². The van der Waals surface area contributed by atoms with Gasteiger partial charge in [-0.3, -0.25) is 24.0 Å². The number of unbranched alkanes of at least 4 members (excludes halogenated alkanes) is 1. The van der Waals surface area contributed by atoms with Gasteiger partial charge in [0.2, 0.25) is 23.6 Å². The molecule has 0 heterocycles. The second-order valence-corrected chi connectivity index (χ2v) is 8.31. The molecular formula is C20H36N6O8. The van der Waals surface area contributed by atoms with Crippen LogP contribution >= 0.6 is 0 Å². The Morgan fingerprint density at radius 1 is 0.794 bits per heavy atom. The number of primary amides is 1. The summed E-state index contributed by atoms with van der Waals surface area (Å²) >= 11 is 0. The highest BCUT2D eigenvalue weighted by atomic mass is 16.4. The quantitative estimate of drug-likeness (QED) is 0.0988. The van der Waals surface area contributed by atoms with Crippen LogP contribution in [0.15, 0.2) is 0 Å². The third-order valence-electron chi connectivity index (χ3n) is 4.67. The third-order valence-corrected chi connectivity index (χ3v) is 4.67. The van der Waals surface area contributed by atoms with E-state index in [0.29, 0.717) is 19.4 Å². The number of amides is 4. The summed E-state index contributed by atoms with van der Waals surface area (Å²) < 4.78 is 0. The van der Waals surface area contributed by atoms with Gasteiger partial charge >= 0.3 is 11.9 Å². The number of carbonyl (C=O) groups excluding carboxylic acids is 4. The van der Waals surface area contributed by atoms with Crippen LogP contribution in [0.5, 0.6) is 0 Å². The number of carbonyl (C=O) groups is 6. The Balaban J connectivity index is 5.49. The van der Waals surface area contributed by atoms with Crippen molar-refractivity contribution in [3.63, 3.8) is 0 Å². The molecule has 194 valence electrons. The topological polar surface area (TPSA) is 257 Å². The summed E-state index contributed by atoms with van der Waals surface area (Å²) in [6.45, 7) is 3.97. The van der Waals surface area contributed by atoms with Gasteiger partial charge in [-0.2, -0.15) is 0 Å². The molecule has 0 aliphatic carbocycles. The van der Waals surface area contributed by atoms with Crippen LogP contribution in [0.25, 0.3) is 0 Å². The molecule has 0 aromatic rings. The molecule has 14 heteroatoms. The maximum absolute atomic E-state index is 12.7. The number of aliphatic carboxylic acids is 2. The first-order valence-corrected chi connectivity index (χ1v) is 10.9. The fourth-order valence-corrected chi connectivity index (χ4v) is 2.98. The monoisotopic (exact) mass is 488 g/mol. The van der Waals surface area contributed by atoms with Crippen molar-refractivity contribution in [2.24, 2.45) is 23.1 Å². The van der Waals surface area contributed by atoms with Crippen LogP contribution in [0.4, 0.5) is 0 Å². The predicted molar refractivity (Wildman–Crippen MR) is 120 cm³/mol. The van der Waals surface area contributed by atoms with Gasteiger partial charge in [-0.1, -0.05) is 13.8 Å². The fourth-order valence-electron chi connectivity index (χ4n) is 2.98. The van der Waals surface area contributed by atoms with Gasteiger partial charge in [-0.15, -0.1) is 0 Å². The van der Waals surface area contributed by atoms with E-state index in [1.165, 1.54) is 0 Å². The van der Waals surface area contributed by atoms with Gasteiger partial charge in [0, 0.05) is 0 Å². The van der Waals surface area contributed by atoms with Crippen LogP contribution in [0.1, 0.15) is 52.4 Å². The second kappa shape index (κ2) is 15.6. The number of nitrogens with one attached hydrogen (secondary N) is 3. The molecule has 4 atom stereocenters. The molecule has 14 nitrogen and oxygen atoms in total. The van der Waals surface area contributed by atoms with Crippen LogP contribution in [0.2, 0.25) is 0 Å². The Kier molecular flexibility index (Phi) is 14.1. The van der Waals surface area contributed by atoms with Gasteiger partial charge in [0.05, 0.1) is 18.9 Å². The highest BCUT2D eigenvalue weighted by Gasteiger charge is 2.32. The summed E-state index contributed by atoms with van der Waals surface area (Å²) in [5.41, 5.74) is 16.3. The summed E-state index contributed by atoms with van der Waals surface area (Å²) in [5, 5.41) is 25.1. The van der Waals surface area contributed by atoms with Gasteiger partial charge in [0.25, 0.3) is 0 Å². The Hall–Kier alpha value is -3.26. The molecule has 0 bridgehead atoms. The lowest BCUT2D eigenvalue weighted by Crippen LogP contribution is -2.58. The minimum absolute atomic E-state index is 0.0565. The lowest BCUT2D eigenvalue weighted by Gasteiger charge is -2.24. The van der Waals surface area contributed by atoms with Crippen LogP contribution in [0.3, 0.4) is 0 Å². The highest BCUT2D eigenvalue weighted by molar-refractivity contribution is 5.97. The lowest BCUT2D eigenvalue weighted by molar-refractivity contribution is -0.143. The van der Waals surface area contributed by atoms with Crippen LogP contribution < -0.4 is 33.2 Å². The van der Waals surface area contributed by atoms with Crippen molar-refractivity contribution in [3.05, 3.63) is 0 Å². The summed E-state index contributed by atoms with van der Waals surface area (Å²) in [4.78, 5) is 71.6. The van der Waals surface area contributed by atoms with Crippen LogP contribution in [0, 0.1) is 5.92 Å². The Bertz CT molecular complexity index is 745. The molecular weight excluding hydrogens is 452 g/mol. The minimum atomic E-state index is -1.61. The molecule has 0 spiro atoms. The second-order valence-electron chi connectivity index (χ2n) is 8.31. The van der Waals surface area contributed by atoms with E-state index in [9.17, 15) is 33.9 Å². The number of hydrogen-bond donors (Lipinski definition) is 8. The smallest absolute Gasteiger partial charge is 0.326 e. The number of nitrogens with two attached hydrogens (primary N) is 3. The molecule has 0 radical (unpaired) electrons. The van der Waals surface area contributed by atoms with E-state index in [1.54, 1.807) is 0 Å². The normalized spacial score (nSPS) is 14.4. The molecule has 11 N–H and O–H groups in total. The van der Waals surface area contributed by atoms with Crippen molar-refractivity contribution in [2.45, 2.75) is 76.5 Å².